The number of hydrogen-bond acceptors (Lipinski definition) is 3. The van der Waals surface area contributed by atoms with E-state index in [-0.39, 0.29) is 12.0 Å². The number of halogens is 3. The van der Waals surface area contributed by atoms with Crippen LogP contribution in [0, 0.1) is 5.92 Å². The number of imidazole rings is 1. The highest BCUT2D eigenvalue weighted by atomic mass is 35.5. The van der Waals surface area contributed by atoms with Crippen molar-refractivity contribution in [3.63, 3.8) is 0 Å². The van der Waals surface area contributed by atoms with Crippen LogP contribution in [0.5, 0.6) is 0 Å². The van der Waals surface area contributed by atoms with Crippen molar-refractivity contribution in [3.8, 4) is 0 Å². The SMILES string of the molecule is Clc1ccc(CO[C@@H]2c3cc(Cl)c(Cl)cc3SC[C@@H]2Cc2ncc[nH]2)cc1. The number of benzene rings is 2. The standard InChI is InChI=1S/C20H17Cl3N2OS/c21-14-3-1-12(2-4-14)10-26-20-13(7-19-24-5-6-25-19)11-27-18-9-17(23)16(22)8-15(18)20/h1-6,8-9,13,20H,7,10-11H2,(H,24,25)/t13-,20-/m0/s1. The Hall–Kier alpha value is -1.17. The second-order valence-electron chi connectivity index (χ2n) is 6.47. The summed E-state index contributed by atoms with van der Waals surface area (Å²) >= 11 is 20.3. The zero-order valence-electron chi connectivity index (χ0n) is 14.3. The topological polar surface area (TPSA) is 37.9 Å². The van der Waals surface area contributed by atoms with Crippen LogP contribution < -0.4 is 0 Å². The van der Waals surface area contributed by atoms with Crippen LogP contribution >= 0.6 is 46.6 Å². The lowest BCUT2D eigenvalue weighted by Gasteiger charge is -2.33. The molecular weight excluding hydrogens is 423 g/mol. The molecule has 1 aromatic heterocycles. The van der Waals surface area contributed by atoms with Crippen molar-refractivity contribution in [2.24, 2.45) is 5.92 Å². The van der Waals surface area contributed by atoms with E-state index in [1.165, 1.54) is 0 Å². The summed E-state index contributed by atoms with van der Waals surface area (Å²) in [6.07, 6.45) is 4.35. The summed E-state index contributed by atoms with van der Waals surface area (Å²) in [4.78, 5) is 8.70. The molecule has 2 aromatic carbocycles. The zero-order chi connectivity index (χ0) is 18.8. The Morgan fingerprint density at radius 1 is 1.11 bits per heavy atom. The maximum absolute atomic E-state index is 6.39. The van der Waals surface area contributed by atoms with Crippen LogP contribution in [-0.2, 0) is 17.8 Å². The minimum Gasteiger partial charge on any atom is -0.368 e. The average molecular weight is 440 g/mol. The first-order chi connectivity index (χ1) is 13.1. The summed E-state index contributed by atoms with van der Waals surface area (Å²) in [6.45, 7) is 0.501. The highest BCUT2D eigenvalue weighted by molar-refractivity contribution is 7.99. The number of aromatic amines is 1. The molecule has 7 heteroatoms. The van der Waals surface area contributed by atoms with Crippen LogP contribution in [0.1, 0.15) is 23.1 Å². The largest absolute Gasteiger partial charge is 0.368 e. The molecule has 3 nitrogen and oxygen atoms in total. The number of nitrogens with one attached hydrogen (secondary N) is 1. The molecule has 0 saturated heterocycles. The number of rotatable bonds is 5. The van der Waals surface area contributed by atoms with E-state index in [9.17, 15) is 0 Å². The van der Waals surface area contributed by atoms with Gasteiger partial charge in [0, 0.05) is 40.4 Å². The van der Waals surface area contributed by atoms with Crippen molar-refractivity contribution in [3.05, 3.63) is 80.8 Å². The van der Waals surface area contributed by atoms with Gasteiger partial charge in [0.05, 0.1) is 22.8 Å². The molecule has 1 N–H and O–H groups in total. The predicted molar refractivity (Wildman–Crippen MR) is 112 cm³/mol. The number of thioether (sulfide) groups is 1. The van der Waals surface area contributed by atoms with Crippen LogP contribution in [-0.4, -0.2) is 15.7 Å². The lowest BCUT2D eigenvalue weighted by Crippen LogP contribution is -2.25. The third-order valence-electron chi connectivity index (χ3n) is 4.59. The molecule has 0 radical (unpaired) electrons. The Balaban J connectivity index is 1.61. The van der Waals surface area contributed by atoms with Crippen molar-refractivity contribution >= 4 is 46.6 Å². The lowest BCUT2D eigenvalue weighted by atomic mass is 9.93. The maximum atomic E-state index is 6.39. The molecular formula is C20H17Cl3N2OS. The van der Waals surface area contributed by atoms with Gasteiger partial charge < -0.3 is 9.72 Å². The number of hydrogen-bond donors (Lipinski definition) is 1. The second-order valence-corrected chi connectivity index (χ2v) is 8.79. The third kappa shape index (κ3) is 4.47. The highest BCUT2D eigenvalue weighted by Crippen LogP contribution is 2.45. The van der Waals surface area contributed by atoms with Gasteiger partial charge in [0.15, 0.2) is 0 Å². The normalized spacial score (nSPS) is 19.1. The molecule has 0 fully saturated rings. The Morgan fingerprint density at radius 3 is 2.63 bits per heavy atom. The van der Waals surface area contributed by atoms with Gasteiger partial charge in [-0.25, -0.2) is 4.98 Å². The summed E-state index contributed by atoms with van der Waals surface area (Å²) in [5.41, 5.74) is 2.17. The van der Waals surface area contributed by atoms with Crippen molar-refractivity contribution in [1.82, 2.24) is 9.97 Å². The van der Waals surface area contributed by atoms with Gasteiger partial charge in [-0.05, 0) is 35.4 Å². The summed E-state index contributed by atoms with van der Waals surface area (Å²) in [7, 11) is 0. The smallest absolute Gasteiger partial charge is 0.106 e. The minimum absolute atomic E-state index is 0.0863. The van der Waals surface area contributed by atoms with E-state index >= 15 is 0 Å². The first-order valence-corrected chi connectivity index (χ1v) is 10.7. The van der Waals surface area contributed by atoms with Gasteiger partial charge >= 0.3 is 0 Å². The molecule has 0 bridgehead atoms. The monoisotopic (exact) mass is 438 g/mol. The van der Waals surface area contributed by atoms with E-state index in [0.717, 1.165) is 39.0 Å². The minimum atomic E-state index is -0.0863. The molecule has 140 valence electrons. The maximum Gasteiger partial charge on any atom is 0.106 e. The van der Waals surface area contributed by atoms with Gasteiger partial charge in [0.2, 0.25) is 0 Å². The predicted octanol–water partition coefficient (Wildman–Crippen LogP) is 6.59. The van der Waals surface area contributed by atoms with Crippen molar-refractivity contribution in [2.45, 2.75) is 24.0 Å². The first kappa shape index (κ1) is 19.2. The van der Waals surface area contributed by atoms with E-state index < -0.39 is 0 Å². The van der Waals surface area contributed by atoms with Crippen molar-refractivity contribution < 1.29 is 4.74 Å². The molecule has 1 aliphatic rings. The van der Waals surface area contributed by atoms with E-state index in [0.29, 0.717) is 16.7 Å². The van der Waals surface area contributed by atoms with Crippen LogP contribution in [0.15, 0.2) is 53.7 Å². The van der Waals surface area contributed by atoms with Gasteiger partial charge in [0.25, 0.3) is 0 Å². The van der Waals surface area contributed by atoms with Gasteiger partial charge in [-0.2, -0.15) is 0 Å². The second kappa shape index (κ2) is 8.46. The molecule has 27 heavy (non-hydrogen) atoms. The quantitative estimate of drug-likeness (QED) is 0.487. The van der Waals surface area contributed by atoms with E-state index in [2.05, 4.69) is 9.97 Å². The number of fused-ring (bicyclic) bond motifs is 1. The van der Waals surface area contributed by atoms with E-state index in [1.54, 1.807) is 18.0 Å². The lowest BCUT2D eigenvalue weighted by molar-refractivity contribution is 0.00175. The Kier molecular flexibility index (Phi) is 6.00. The van der Waals surface area contributed by atoms with Gasteiger partial charge in [0.1, 0.15) is 5.82 Å². The molecule has 0 unspecified atom stereocenters. The fraction of sp³-hybridized carbons (Fsp3) is 0.250. The molecule has 0 spiro atoms. The molecule has 0 amide bonds. The molecule has 2 heterocycles. The zero-order valence-corrected chi connectivity index (χ0v) is 17.4. The fourth-order valence-corrected chi connectivity index (χ4v) is 5.00. The Bertz CT molecular complexity index is 916. The number of H-pyrrole nitrogens is 1. The van der Waals surface area contributed by atoms with Gasteiger partial charge in [-0.15, -0.1) is 11.8 Å². The average Bonchev–Trinajstić information content (AvgIpc) is 3.17. The van der Waals surface area contributed by atoms with Crippen LogP contribution in [0.4, 0.5) is 0 Å². The summed E-state index contributed by atoms with van der Waals surface area (Å²) in [5, 5.41) is 1.84. The number of nitrogens with zero attached hydrogens (tertiary/aromatic N) is 1. The van der Waals surface area contributed by atoms with Crippen molar-refractivity contribution in [1.29, 1.82) is 0 Å². The van der Waals surface area contributed by atoms with E-state index in [4.69, 9.17) is 39.5 Å². The van der Waals surface area contributed by atoms with Crippen LogP contribution in [0.2, 0.25) is 15.1 Å². The fourth-order valence-electron chi connectivity index (χ4n) is 3.25. The molecule has 2 atom stereocenters. The molecule has 3 aromatic rings. The van der Waals surface area contributed by atoms with Crippen LogP contribution in [0.3, 0.4) is 0 Å². The molecule has 4 rings (SSSR count). The Labute approximate surface area is 177 Å². The molecule has 1 aliphatic heterocycles. The number of ether oxygens (including phenoxy) is 1. The molecule has 0 saturated carbocycles. The first-order valence-electron chi connectivity index (χ1n) is 8.56. The van der Waals surface area contributed by atoms with Gasteiger partial charge in [-0.1, -0.05) is 46.9 Å². The summed E-state index contributed by atoms with van der Waals surface area (Å²) < 4.78 is 6.39. The molecule has 0 aliphatic carbocycles. The number of aromatic nitrogens is 2. The highest BCUT2D eigenvalue weighted by Gasteiger charge is 2.32. The summed E-state index contributed by atoms with van der Waals surface area (Å²) in [5.74, 6) is 2.17. The summed E-state index contributed by atoms with van der Waals surface area (Å²) in [6, 6.07) is 11.6. The Morgan fingerprint density at radius 2 is 1.89 bits per heavy atom. The van der Waals surface area contributed by atoms with Crippen molar-refractivity contribution in [2.75, 3.05) is 5.75 Å². The van der Waals surface area contributed by atoms with E-state index in [1.807, 2.05) is 42.6 Å². The third-order valence-corrected chi connectivity index (χ3v) is 6.83. The van der Waals surface area contributed by atoms with Gasteiger partial charge in [-0.3, -0.25) is 0 Å². The van der Waals surface area contributed by atoms with Crippen LogP contribution in [0.25, 0.3) is 0 Å².